The van der Waals surface area contributed by atoms with Crippen molar-refractivity contribution < 1.29 is 18.7 Å². The maximum absolute atomic E-state index is 13.0. The summed E-state index contributed by atoms with van der Waals surface area (Å²) in [5.41, 5.74) is 0.283. The van der Waals surface area contributed by atoms with E-state index in [9.17, 15) is 14.0 Å². The van der Waals surface area contributed by atoms with E-state index in [0.717, 1.165) is 6.54 Å². The van der Waals surface area contributed by atoms with Gasteiger partial charge in [-0.25, -0.2) is 4.39 Å². The third-order valence-electron chi connectivity index (χ3n) is 3.25. The van der Waals surface area contributed by atoms with Crippen LogP contribution in [0.4, 0.5) is 4.39 Å². The SMILES string of the molecule is Cl.O=C(NCCCNC(=O)C1CNCCO1)c1cccc(F)c1. The van der Waals surface area contributed by atoms with E-state index in [1.54, 1.807) is 6.07 Å². The first-order valence-corrected chi connectivity index (χ1v) is 7.30. The first kappa shape index (κ1) is 19.3. The predicted molar refractivity (Wildman–Crippen MR) is 86.2 cm³/mol. The number of carbonyl (C=O) groups is 2. The molecule has 1 aromatic rings. The van der Waals surface area contributed by atoms with Crippen LogP contribution in [0.15, 0.2) is 24.3 Å². The number of halogens is 2. The molecule has 3 N–H and O–H groups in total. The summed E-state index contributed by atoms with van der Waals surface area (Å²) in [4.78, 5) is 23.5. The van der Waals surface area contributed by atoms with Crippen molar-refractivity contribution in [1.29, 1.82) is 0 Å². The Balaban J connectivity index is 0.00000264. The fourth-order valence-electron chi connectivity index (χ4n) is 2.08. The third kappa shape index (κ3) is 6.52. The molecule has 8 heteroatoms. The highest BCUT2D eigenvalue weighted by Gasteiger charge is 2.20. The topological polar surface area (TPSA) is 79.5 Å². The van der Waals surface area contributed by atoms with E-state index in [-0.39, 0.29) is 29.8 Å². The first-order valence-electron chi connectivity index (χ1n) is 7.30. The van der Waals surface area contributed by atoms with Crippen molar-refractivity contribution in [3.8, 4) is 0 Å². The Morgan fingerprint density at radius 2 is 2.09 bits per heavy atom. The summed E-state index contributed by atoms with van der Waals surface area (Å²) in [5.74, 6) is -0.921. The lowest BCUT2D eigenvalue weighted by molar-refractivity contribution is -0.134. The van der Waals surface area contributed by atoms with Gasteiger partial charge in [0.2, 0.25) is 5.91 Å². The van der Waals surface area contributed by atoms with Gasteiger partial charge >= 0.3 is 0 Å². The van der Waals surface area contributed by atoms with Crippen LogP contribution >= 0.6 is 12.4 Å². The summed E-state index contributed by atoms with van der Waals surface area (Å²) in [5, 5.41) is 8.52. The lowest BCUT2D eigenvalue weighted by Crippen LogP contribution is -2.48. The lowest BCUT2D eigenvalue weighted by atomic mass is 10.2. The summed E-state index contributed by atoms with van der Waals surface area (Å²) in [6, 6.07) is 5.51. The Morgan fingerprint density at radius 3 is 2.78 bits per heavy atom. The highest BCUT2D eigenvalue weighted by molar-refractivity contribution is 5.94. The van der Waals surface area contributed by atoms with Crippen LogP contribution in [-0.2, 0) is 9.53 Å². The van der Waals surface area contributed by atoms with Gasteiger partial charge in [0.05, 0.1) is 6.61 Å². The second-order valence-electron chi connectivity index (χ2n) is 4.97. The number of amides is 2. The second kappa shape index (κ2) is 10.1. The Morgan fingerprint density at radius 1 is 1.30 bits per heavy atom. The minimum atomic E-state index is -0.448. The molecule has 1 fully saturated rings. The average Bonchev–Trinajstić information content (AvgIpc) is 2.55. The first-order chi connectivity index (χ1) is 10.7. The summed E-state index contributed by atoms with van der Waals surface area (Å²) in [7, 11) is 0. The molecule has 1 aliphatic heterocycles. The van der Waals surface area contributed by atoms with Gasteiger partial charge in [-0.15, -0.1) is 12.4 Å². The van der Waals surface area contributed by atoms with Crippen LogP contribution < -0.4 is 16.0 Å². The van der Waals surface area contributed by atoms with Crippen molar-refractivity contribution in [3.05, 3.63) is 35.6 Å². The summed E-state index contributed by atoms with van der Waals surface area (Å²) in [6.07, 6.45) is 0.142. The van der Waals surface area contributed by atoms with E-state index in [2.05, 4.69) is 16.0 Å². The number of rotatable bonds is 6. The van der Waals surface area contributed by atoms with Crippen molar-refractivity contribution >= 4 is 24.2 Å². The van der Waals surface area contributed by atoms with Gasteiger partial charge in [0.25, 0.3) is 5.91 Å². The zero-order chi connectivity index (χ0) is 15.8. The maximum Gasteiger partial charge on any atom is 0.251 e. The molecule has 0 radical (unpaired) electrons. The normalized spacial score (nSPS) is 17.0. The molecule has 23 heavy (non-hydrogen) atoms. The average molecular weight is 346 g/mol. The quantitative estimate of drug-likeness (QED) is 0.655. The molecule has 0 spiro atoms. The number of ether oxygens (including phenoxy) is 1. The van der Waals surface area contributed by atoms with E-state index >= 15 is 0 Å². The molecular weight excluding hydrogens is 325 g/mol. The number of morpholine rings is 1. The maximum atomic E-state index is 13.0. The minimum absolute atomic E-state index is 0. The molecule has 6 nitrogen and oxygen atoms in total. The molecule has 1 unspecified atom stereocenters. The van der Waals surface area contributed by atoms with Crippen molar-refractivity contribution in [2.75, 3.05) is 32.8 Å². The Labute approximate surface area is 140 Å². The van der Waals surface area contributed by atoms with Gasteiger partial charge in [0.1, 0.15) is 11.9 Å². The van der Waals surface area contributed by atoms with Crippen LogP contribution in [0, 0.1) is 5.82 Å². The highest BCUT2D eigenvalue weighted by atomic mass is 35.5. The molecule has 0 aromatic heterocycles. The molecule has 1 saturated heterocycles. The molecule has 1 aromatic carbocycles. The van der Waals surface area contributed by atoms with Crippen molar-refractivity contribution in [2.45, 2.75) is 12.5 Å². The molecule has 0 aliphatic carbocycles. The number of nitrogens with one attached hydrogen (secondary N) is 3. The van der Waals surface area contributed by atoms with Crippen molar-refractivity contribution in [3.63, 3.8) is 0 Å². The van der Waals surface area contributed by atoms with Crippen LogP contribution in [-0.4, -0.2) is 50.7 Å². The summed E-state index contributed by atoms with van der Waals surface area (Å²) < 4.78 is 18.3. The van der Waals surface area contributed by atoms with Crippen LogP contribution in [0.25, 0.3) is 0 Å². The molecule has 0 bridgehead atoms. The zero-order valence-electron chi connectivity index (χ0n) is 12.6. The minimum Gasteiger partial charge on any atom is -0.366 e. The van der Waals surface area contributed by atoms with Gasteiger partial charge in [-0.1, -0.05) is 6.07 Å². The molecule has 1 atom stereocenters. The van der Waals surface area contributed by atoms with Gasteiger partial charge in [0.15, 0.2) is 0 Å². The van der Waals surface area contributed by atoms with E-state index in [1.165, 1.54) is 18.2 Å². The van der Waals surface area contributed by atoms with E-state index in [0.29, 0.717) is 32.7 Å². The van der Waals surface area contributed by atoms with Gasteiger partial charge in [-0.3, -0.25) is 9.59 Å². The molecule has 1 aliphatic rings. The number of carbonyl (C=O) groups excluding carboxylic acids is 2. The second-order valence-corrected chi connectivity index (χ2v) is 4.97. The van der Waals surface area contributed by atoms with Crippen LogP contribution in [0.3, 0.4) is 0 Å². The van der Waals surface area contributed by atoms with Crippen molar-refractivity contribution in [1.82, 2.24) is 16.0 Å². The van der Waals surface area contributed by atoms with Gasteiger partial charge in [0, 0.05) is 31.7 Å². The van der Waals surface area contributed by atoms with Gasteiger partial charge < -0.3 is 20.7 Å². The molecule has 1 heterocycles. The molecule has 0 saturated carbocycles. The van der Waals surface area contributed by atoms with Gasteiger partial charge in [-0.05, 0) is 24.6 Å². The Kier molecular flexibility index (Phi) is 8.53. The van der Waals surface area contributed by atoms with E-state index in [4.69, 9.17) is 4.74 Å². The fraction of sp³-hybridized carbons (Fsp3) is 0.467. The standard InChI is InChI=1S/C15H20FN3O3.ClH/c16-12-4-1-3-11(9-12)14(20)18-5-2-6-19-15(21)13-10-17-7-8-22-13;/h1,3-4,9,13,17H,2,5-8,10H2,(H,18,20)(H,19,21);1H. The highest BCUT2D eigenvalue weighted by Crippen LogP contribution is 2.03. The number of hydrogen-bond acceptors (Lipinski definition) is 4. The summed E-state index contributed by atoms with van der Waals surface area (Å²) in [6.45, 7) is 2.65. The smallest absolute Gasteiger partial charge is 0.251 e. The summed E-state index contributed by atoms with van der Waals surface area (Å²) >= 11 is 0. The van der Waals surface area contributed by atoms with E-state index in [1.807, 2.05) is 0 Å². The van der Waals surface area contributed by atoms with E-state index < -0.39 is 11.9 Å². The lowest BCUT2D eigenvalue weighted by Gasteiger charge is -2.22. The fourth-order valence-corrected chi connectivity index (χ4v) is 2.08. The third-order valence-corrected chi connectivity index (χ3v) is 3.25. The molecular formula is C15H21ClFN3O3. The zero-order valence-corrected chi connectivity index (χ0v) is 13.5. The number of benzene rings is 1. The van der Waals surface area contributed by atoms with Gasteiger partial charge in [-0.2, -0.15) is 0 Å². The van der Waals surface area contributed by atoms with Crippen LogP contribution in [0.1, 0.15) is 16.8 Å². The molecule has 2 rings (SSSR count). The van der Waals surface area contributed by atoms with Crippen LogP contribution in [0.5, 0.6) is 0 Å². The van der Waals surface area contributed by atoms with Crippen molar-refractivity contribution in [2.24, 2.45) is 0 Å². The Hall–Kier alpha value is -1.70. The monoisotopic (exact) mass is 345 g/mol. The van der Waals surface area contributed by atoms with Crippen LogP contribution in [0.2, 0.25) is 0 Å². The largest absolute Gasteiger partial charge is 0.366 e. The predicted octanol–water partition coefficient (Wildman–Crippen LogP) is 0.472. The Bertz CT molecular complexity index is 524. The molecule has 2 amide bonds. The molecule has 128 valence electrons. The number of hydrogen-bond donors (Lipinski definition) is 3.